The van der Waals surface area contributed by atoms with Crippen molar-refractivity contribution in [1.82, 2.24) is 0 Å². The minimum Gasteiger partial charge on any atom is -0.497 e. The van der Waals surface area contributed by atoms with E-state index in [1.165, 1.54) is 17.2 Å². The van der Waals surface area contributed by atoms with Crippen molar-refractivity contribution in [2.24, 2.45) is 0 Å². The Morgan fingerprint density at radius 3 is 2.64 bits per heavy atom. The molecule has 2 aromatic carbocycles. The molecule has 0 heterocycles. The predicted octanol–water partition coefficient (Wildman–Crippen LogP) is 3.39. The molecule has 0 aliphatic heterocycles. The van der Waals surface area contributed by atoms with E-state index in [1.807, 2.05) is 18.2 Å². The van der Waals surface area contributed by atoms with Gasteiger partial charge in [0.25, 0.3) is 5.91 Å². The van der Waals surface area contributed by atoms with Gasteiger partial charge in [0.15, 0.2) is 6.61 Å². The Hall–Kier alpha value is -3.28. The van der Waals surface area contributed by atoms with E-state index in [0.29, 0.717) is 17.1 Å². The number of carbonyl (C=O) groups is 2. The summed E-state index contributed by atoms with van der Waals surface area (Å²) in [6.07, 6.45) is 6.08. The highest BCUT2D eigenvalue weighted by Gasteiger charge is 2.12. The zero-order chi connectivity index (χ0) is 19.9. The number of rotatable bonds is 7. The standard InChI is InChI=1S/C22H23NO5/c1-26-19-9-10-20(27-2)17(13-19)7-11-22(25)28-14-21(24)23-18-8-6-15-4-3-5-16(15)12-18/h6-13H,3-5,14H2,1-2H3,(H,23,24)/b11-7+. The van der Waals surface area contributed by atoms with Crippen molar-refractivity contribution in [3.63, 3.8) is 0 Å². The van der Waals surface area contributed by atoms with E-state index in [1.54, 1.807) is 38.5 Å². The molecule has 0 saturated heterocycles. The third-order valence-electron chi connectivity index (χ3n) is 4.56. The maximum absolute atomic E-state index is 12.0. The molecule has 0 aromatic heterocycles. The normalized spacial score (nSPS) is 12.5. The molecule has 0 fully saturated rings. The Kier molecular flexibility index (Phi) is 6.32. The lowest BCUT2D eigenvalue weighted by Crippen LogP contribution is -2.20. The van der Waals surface area contributed by atoms with Crippen LogP contribution in [-0.4, -0.2) is 32.7 Å². The van der Waals surface area contributed by atoms with Crippen molar-refractivity contribution in [2.75, 3.05) is 26.1 Å². The lowest BCUT2D eigenvalue weighted by molar-refractivity contribution is -0.142. The second-order valence-electron chi connectivity index (χ2n) is 6.43. The molecule has 0 saturated carbocycles. The lowest BCUT2D eigenvalue weighted by atomic mass is 10.1. The van der Waals surface area contributed by atoms with E-state index in [9.17, 15) is 9.59 Å². The third-order valence-corrected chi connectivity index (χ3v) is 4.56. The van der Waals surface area contributed by atoms with Crippen LogP contribution in [0.25, 0.3) is 6.08 Å². The number of methoxy groups -OCH3 is 2. The summed E-state index contributed by atoms with van der Waals surface area (Å²) in [5.74, 6) is 0.245. The Balaban J connectivity index is 1.52. The van der Waals surface area contributed by atoms with Crippen LogP contribution in [0, 0.1) is 0 Å². The largest absolute Gasteiger partial charge is 0.497 e. The second-order valence-corrected chi connectivity index (χ2v) is 6.43. The predicted molar refractivity (Wildman–Crippen MR) is 107 cm³/mol. The Bertz CT molecular complexity index is 904. The van der Waals surface area contributed by atoms with Gasteiger partial charge in [-0.15, -0.1) is 0 Å². The van der Waals surface area contributed by atoms with E-state index >= 15 is 0 Å². The fourth-order valence-corrected chi connectivity index (χ4v) is 3.16. The van der Waals surface area contributed by atoms with Gasteiger partial charge in [-0.25, -0.2) is 4.79 Å². The monoisotopic (exact) mass is 381 g/mol. The third kappa shape index (κ3) is 4.91. The highest BCUT2D eigenvalue weighted by Crippen LogP contribution is 2.26. The molecule has 0 unspecified atom stereocenters. The van der Waals surface area contributed by atoms with E-state index in [4.69, 9.17) is 14.2 Å². The van der Waals surface area contributed by atoms with Crippen LogP contribution < -0.4 is 14.8 Å². The van der Waals surface area contributed by atoms with E-state index in [-0.39, 0.29) is 12.5 Å². The molecule has 1 amide bonds. The molecule has 6 nitrogen and oxygen atoms in total. The van der Waals surface area contributed by atoms with Gasteiger partial charge in [-0.1, -0.05) is 6.07 Å². The number of fused-ring (bicyclic) bond motifs is 1. The number of hydrogen-bond acceptors (Lipinski definition) is 5. The number of amides is 1. The molecule has 0 spiro atoms. The first kappa shape index (κ1) is 19.5. The van der Waals surface area contributed by atoms with Crippen molar-refractivity contribution < 1.29 is 23.8 Å². The van der Waals surface area contributed by atoms with Gasteiger partial charge in [0.05, 0.1) is 14.2 Å². The summed E-state index contributed by atoms with van der Waals surface area (Å²) in [6.45, 7) is -0.352. The fourth-order valence-electron chi connectivity index (χ4n) is 3.16. The summed E-state index contributed by atoms with van der Waals surface area (Å²) in [7, 11) is 3.10. The van der Waals surface area contributed by atoms with Gasteiger partial charge in [-0.05, 0) is 66.8 Å². The number of aryl methyl sites for hydroxylation is 2. The van der Waals surface area contributed by atoms with Crippen LogP contribution in [0.3, 0.4) is 0 Å². The Labute approximate surface area is 164 Å². The van der Waals surface area contributed by atoms with Crippen LogP contribution >= 0.6 is 0 Å². The maximum atomic E-state index is 12.0. The van der Waals surface area contributed by atoms with E-state index in [2.05, 4.69) is 5.32 Å². The maximum Gasteiger partial charge on any atom is 0.331 e. The van der Waals surface area contributed by atoms with Crippen molar-refractivity contribution in [1.29, 1.82) is 0 Å². The first-order valence-corrected chi connectivity index (χ1v) is 9.07. The number of hydrogen-bond donors (Lipinski definition) is 1. The Morgan fingerprint density at radius 2 is 1.86 bits per heavy atom. The van der Waals surface area contributed by atoms with Gasteiger partial charge >= 0.3 is 5.97 Å². The van der Waals surface area contributed by atoms with Gasteiger partial charge in [-0.3, -0.25) is 4.79 Å². The number of ether oxygens (including phenoxy) is 3. The van der Waals surface area contributed by atoms with Crippen LogP contribution in [0.4, 0.5) is 5.69 Å². The quantitative estimate of drug-likeness (QED) is 0.588. The van der Waals surface area contributed by atoms with Gasteiger partial charge in [0.2, 0.25) is 0 Å². The number of anilines is 1. The second kappa shape index (κ2) is 9.08. The molecule has 3 rings (SSSR count). The molecule has 1 aliphatic carbocycles. The summed E-state index contributed by atoms with van der Waals surface area (Å²) >= 11 is 0. The molecule has 0 atom stereocenters. The van der Waals surface area contributed by atoms with Gasteiger partial charge < -0.3 is 19.5 Å². The molecule has 0 bridgehead atoms. The summed E-state index contributed by atoms with van der Waals surface area (Å²) in [4.78, 5) is 23.9. The summed E-state index contributed by atoms with van der Waals surface area (Å²) in [5.41, 5.74) is 3.99. The van der Waals surface area contributed by atoms with Crippen molar-refractivity contribution >= 4 is 23.6 Å². The lowest BCUT2D eigenvalue weighted by Gasteiger charge is -2.08. The molecular weight excluding hydrogens is 358 g/mol. The zero-order valence-corrected chi connectivity index (χ0v) is 16.0. The number of carbonyl (C=O) groups excluding carboxylic acids is 2. The van der Waals surface area contributed by atoms with Crippen molar-refractivity contribution in [3.05, 3.63) is 59.2 Å². The molecular formula is C22H23NO5. The van der Waals surface area contributed by atoms with E-state index in [0.717, 1.165) is 24.9 Å². The number of nitrogens with one attached hydrogen (secondary N) is 1. The van der Waals surface area contributed by atoms with Crippen molar-refractivity contribution in [2.45, 2.75) is 19.3 Å². The van der Waals surface area contributed by atoms with Gasteiger partial charge in [0.1, 0.15) is 11.5 Å². The number of esters is 1. The zero-order valence-electron chi connectivity index (χ0n) is 16.0. The molecule has 2 aromatic rings. The van der Waals surface area contributed by atoms with Crippen LogP contribution in [0.5, 0.6) is 11.5 Å². The minimum absolute atomic E-state index is 0.352. The topological polar surface area (TPSA) is 73.9 Å². The summed E-state index contributed by atoms with van der Waals surface area (Å²) in [6, 6.07) is 11.1. The fraction of sp³-hybridized carbons (Fsp3) is 0.273. The van der Waals surface area contributed by atoms with Gasteiger partial charge in [0, 0.05) is 17.3 Å². The molecule has 1 N–H and O–H groups in total. The Morgan fingerprint density at radius 1 is 1.04 bits per heavy atom. The smallest absolute Gasteiger partial charge is 0.331 e. The van der Waals surface area contributed by atoms with Crippen LogP contribution in [0.1, 0.15) is 23.1 Å². The van der Waals surface area contributed by atoms with Crippen LogP contribution in [0.2, 0.25) is 0 Å². The first-order valence-electron chi connectivity index (χ1n) is 9.07. The average Bonchev–Trinajstić information content (AvgIpc) is 3.18. The summed E-state index contributed by atoms with van der Waals surface area (Å²) in [5, 5.41) is 2.76. The minimum atomic E-state index is -0.617. The average molecular weight is 381 g/mol. The molecule has 1 aliphatic rings. The van der Waals surface area contributed by atoms with Crippen LogP contribution in [0.15, 0.2) is 42.5 Å². The number of benzene rings is 2. The van der Waals surface area contributed by atoms with E-state index < -0.39 is 5.97 Å². The molecule has 0 radical (unpaired) electrons. The van der Waals surface area contributed by atoms with Crippen molar-refractivity contribution in [3.8, 4) is 11.5 Å². The molecule has 146 valence electrons. The van der Waals surface area contributed by atoms with Crippen LogP contribution in [-0.2, 0) is 27.2 Å². The SMILES string of the molecule is COc1ccc(OC)c(/C=C/C(=O)OCC(=O)Nc2ccc3c(c2)CCC3)c1. The molecule has 6 heteroatoms. The highest BCUT2D eigenvalue weighted by molar-refractivity contribution is 5.94. The first-order chi connectivity index (χ1) is 13.6. The summed E-state index contributed by atoms with van der Waals surface area (Å²) < 4.78 is 15.4. The highest BCUT2D eigenvalue weighted by atomic mass is 16.5. The molecule has 28 heavy (non-hydrogen) atoms. The van der Waals surface area contributed by atoms with Gasteiger partial charge in [-0.2, -0.15) is 0 Å².